The van der Waals surface area contributed by atoms with Crippen molar-refractivity contribution in [3.63, 3.8) is 0 Å². The van der Waals surface area contributed by atoms with Gasteiger partial charge in [-0.25, -0.2) is 0 Å². The summed E-state index contributed by atoms with van der Waals surface area (Å²) in [6.07, 6.45) is 8.56. The monoisotopic (exact) mass is 356 g/mol. The molecule has 0 heterocycles. The molecule has 2 aliphatic rings. The molecular formula is C25H24O2. The highest BCUT2D eigenvalue weighted by molar-refractivity contribution is 6.11. The number of aliphatic hydroxyl groups is 1. The quantitative estimate of drug-likeness (QED) is 0.725. The highest BCUT2D eigenvalue weighted by Gasteiger charge is 2.31. The van der Waals surface area contributed by atoms with Gasteiger partial charge in [0.2, 0.25) is 0 Å². The van der Waals surface area contributed by atoms with Crippen LogP contribution in [0.4, 0.5) is 0 Å². The molecule has 2 aromatic carbocycles. The SMILES string of the molecule is CCCCC1=C2C=CC(O)C=C2C(c2ccccc2)=C1c1ccc(O)cc1. The maximum atomic E-state index is 10.2. The first-order valence-corrected chi connectivity index (χ1v) is 9.60. The van der Waals surface area contributed by atoms with Crippen molar-refractivity contribution in [3.05, 3.63) is 101 Å². The first kappa shape index (κ1) is 17.6. The fourth-order valence-corrected chi connectivity index (χ4v) is 3.97. The molecule has 4 rings (SSSR count). The summed E-state index contributed by atoms with van der Waals surface area (Å²) < 4.78 is 0. The summed E-state index contributed by atoms with van der Waals surface area (Å²) in [6, 6.07) is 17.8. The van der Waals surface area contributed by atoms with Crippen LogP contribution in [-0.4, -0.2) is 16.3 Å². The first-order chi connectivity index (χ1) is 13.2. The van der Waals surface area contributed by atoms with Gasteiger partial charge >= 0.3 is 0 Å². The van der Waals surface area contributed by atoms with Crippen molar-refractivity contribution >= 4 is 11.1 Å². The molecule has 1 atom stereocenters. The second kappa shape index (κ2) is 7.42. The zero-order chi connectivity index (χ0) is 18.8. The van der Waals surface area contributed by atoms with Crippen molar-refractivity contribution in [1.82, 2.24) is 0 Å². The maximum absolute atomic E-state index is 10.2. The van der Waals surface area contributed by atoms with Crippen LogP contribution in [-0.2, 0) is 0 Å². The first-order valence-electron chi connectivity index (χ1n) is 9.60. The topological polar surface area (TPSA) is 40.5 Å². The molecule has 2 nitrogen and oxygen atoms in total. The van der Waals surface area contributed by atoms with E-state index in [9.17, 15) is 10.2 Å². The van der Waals surface area contributed by atoms with Crippen LogP contribution < -0.4 is 0 Å². The Morgan fingerprint density at radius 2 is 1.59 bits per heavy atom. The molecule has 1 unspecified atom stereocenters. The largest absolute Gasteiger partial charge is 0.508 e. The molecule has 0 saturated heterocycles. The lowest BCUT2D eigenvalue weighted by atomic mass is 9.90. The van der Waals surface area contributed by atoms with Crippen LogP contribution in [0.3, 0.4) is 0 Å². The number of hydrogen-bond donors (Lipinski definition) is 2. The molecule has 0 spiro atoms. The normalized spacial score (nSPS) is 18.7. The number of allylic oxidation sites excluding steroid dienone is 6. The number of rotatable bonds is 5. The molecular weight excluding hydrogens is 332 g/mol. The summed E-state index contributed by atoms with van der Waals surface area (Å²) in [6.45, 7) is 2.21. The van der Waals surface area contributed by atoms with E-state index in [0.29, 0.717) is 0 Å². The Hall–Kier alpha value is -2.84. The van der Waals surface area contributed by atoms with E-state index in [2.05, 4.69) is 37.3 Å². The predicted octanol–water partition coefficient (Wildman–Crippen LogP) is 5.66. The molecule has 27 heavy (non-hydrogen) atoms. The number of unbranched alkanes of at least 4 members (excludes halogenated alkanes) is 1. The molecule has 0 fully saturated rings. The summed E-state index contributed by atoms with van der Waals surface area (Å²) in [4.78, 5) is 0. The molecule has 2 aliphatic carbocycles. The smallest absolute Gasteiger partial charge is 0.115 e. The van der Waals surface area contributed by atoms with Gasteiger partial charge in [-0.05, 0) is 70.0 Å². The van der Waals surface area contributed by atoms with Crippen LogP contribution >= 0.6 is 0 Å². The van der Waals surface area contributed by atoms with Crippen molar-refractivity contribution < 1.29 is 10.2 Å². The summed E-state index contributed by atoms with van der Waals surface area (Å²) in [5.41, 5.74) is 8.30. The summed E-state index contributed by atoms with van der Waals surface area (Å²) in [5, 5.41) is 20.0. The second-order valence-corrected chi connectivity index (χ2v) is 7.09. The van der Waals surface area contributed by atoms with Gasteiger partial charge in [-0.15, -0.1) is 0 Å². The highest BCUT2D eigenvalue weighted by Crippen LogP contribution is 2.50. The third-order valence-electron chi connectivity index (χ3n) is 5.23. The molecule has 0 bridgehead atoms. The zero-order valence-electron chi connectivity index (χ0n) is 15.5. The third kappa shape index (κ3) is 3.29. The van der Waals surface area contributed by atoms with Gasteiger partial charge in [-0.3, -0.25) is 0 Å². The third-order valence-corrected chi connectivity index (χ3v) is 5.23. The Morgan fingerprint density at radius 1 is 0.889 bits per heavy atom. The number of benzene rings is 2. The van der Waals surface area contributed by atoms with Crippen molar-refractivity contribution in [2.45, 2.75) is 32.3 Å². The van der Waals surface area contributed by atoms with Crippen LogP contribution in [0.2, 0.25) is 0 Å². The molecule has 2 heteroatoms. The number of hydrogen-bond acceptors (Lipinski definition) is 2. The maximum Gasteiger partial charge on any atom is 0.115 e. The molecule has 0 aromatic heterocycles. The predicted molar refractivity (Wildman–Crippen MR) is 111 cm³/mol. The molecule has 2 N–H and O–H groups in total. The lowest BCUT2D eigenvalue weighted by Crippen LogP contribution is -2.05. The standard InChI is InChI=1S/C25H24O2/c1-2-3-9-22-21-15-14-20(27)16-23(21)25(17-7-5-4-6-8-17)24(22)18-10-12-19(26)13-11-18/h4-8,10-16,20,26-27H,2-3,9H2,1H3. The van der Waals surface area contributed by atoms with E-state index >= 15 is 0 Å². The van der Waals surface area contributed by atoms with Gasteiger partial charge in [-0.1, -0.05) is 68.0 Å². The molecule has 136 valence electrons. The van der Waals surface area contributed by atoms with Crippen molar-refractivity contribution in [2.75, 3.05) is 0 Å². The fraction of sp³-hybridized carbons (Fsp3) is 0.200. The van der Waals surface area contributed by atoms with Gasteiger partial charge in [0.25, 0.3) is 0 Å². The minimum Gasteiger partial charge on any atom is -0.508 e. The van der Waals surface area contributed by atoms with Gasteiger partial charge in [-0.2, -0.15) is 0 Å². The summed E-state index contributed by atoms with van der Waals surface area (Å²) in [7, 11) is 0. The van der Waals surface area contributed by atoms with Gasteiger partial charge in [0.1, 0.15) is 5.75 Å². The molecule has 0 aliphatic heterocycles. The van der Waals surface area contributed by atoms with Crippen LogP contribution in [0, 0.1) is 0 Å². The van der Waals surface area contributed by atoms with E-state index in [1.165, 1.54) is 22.3 Å². The number of aromatic hydroxyl groups is 1. The second-order valence-electron chi connectivity index (χ2n) is 7.09. The van der Waals surface area contributed by atoms with E-state index in [0.717, 1.165) is 36.0 Å². The highest BCUT2D eigenvalue weighted by atomic mass is 16.3. The summed E-state index contributed by atoms with van der Waals surface area (Å²) >= 11 is 0. The van der Waals surface area contributed by atoms with Crippen molar-refractivity contribution in [2.24, 2.45) is 0 Å². The number of phenolic OH excluding ortho intramolecular Hbond substituents is 1. The van der Waals surface area contributed by atoms with Crippen molar-refractivity contribution in [1.29, 1.82) is 0 Å². The minimum atomic E-state index is -0.561. The van der Waals surface area contributed by atoms with E-state index in [-0.39, 0.29) is 5.75 Å². The van der Waals surface area contributed by atoms with Crippen LogP contribution in [0.1, 0.15) is 37.3 Å². The van der Waals surface area contributed by atoms with Crippen LogP contribution in [0.15, 0.2) is 89.5 Å². The zero-order valence-corrected chi connectivity index (χ0v) is 15.5. The van der Waals surface area contributed by atoms with Gasteiger partial charge < -0.3 is 10.2 Å². The van der Waals surface area contributed by atoms with Crippen LogP contribution in [0.5, 0.6) is 5.75 Å². The Kier molecular flexibility index (Phi) is 4.83. The number of phenols is 1. The Morgan fingerprint density at radius 3 is 2.30 bits per heavy atom. The number of aliphatic hydroxyl groups excluding tert-OH is 1. The van der Waals surface area contributed by atoms with Gasteiger partial charge in [0, 0.05) is 0 Å². The fourth-order valence-electron chi connectivity index (χ4n) is 3.97. The van der Waals surface area contributed by atoms with E-state index in [1.54, 1.807) is 12.1 Å². The van der Waals surface area contributed by atoms with Gasteiger partial charge in [0.05, 0.1) is 6.10 Å². The van der Waals surface area contributed by atoms with E-state index in [1.807, 2.05) is 30.4 Å². The van der Waals surface area contributed by atoms with Gasteiger partial charge in [0.15, 0.2) is 0 Å². The van der Waals surface area contributed by atoms with E-state index in [4.69, 9.17) is 0 Å². The Labute approximate surface area is 160 Å². The van der Waals surface area contributed by atoms with E-state index < -0.39 is 6.10 Å². The Balaban J connectivity index is 1.98. The lowest BCUT2D eigenvalue weighted by Gasteiger charge is -2.15. The van der Waals surface area contributed by atoms with Crippen LogP contribution in [0.25, 0.3) is 11.1 Å². The average molecular weight is 356 g/mol. The molecule has 0 saturated carbocycles. The molecule has 0 amide bonds. The lowest BCUT2D eigenvalue weighted by molar-refractivity contribution is 0.270. The molecule has 0 radical (unpaired) electrons. The average Bonchev–Trinajstić information content (AvgIpc) is 3.01. The number of fused-ring (bicyclic) bond motifs is 1. The Bertz CT molecular complexity index is 957. The van der Waals surface area contributed by atoms with Crippen molar-refractivity contribution in [3.8, 4) is 5.75 Å². The summed E-state index contributed by atoms with van der Waals surface area (Å²) in [5.74, 6) is 0.272. The minimum absolute atomic E-state index is 0.272. The molecule has 2 aromatic rings.